The molecule has 0 bridgehead atoms. The zero-order valence-corrected chi connectivity index (χ0v) is 20.1. The largest absolute Gasteiger partial charge is 0.492 e. The molecule has 0 aromatic heterocycles. The lowest BCUT2D eigenvalue weighted by molar-refractivity contribution is -0.121. The average Bonchev–Trinajstić information content (AvgIpc) is 3.71. The summed E-state index contributed by atoms with van der Waals surface area (Å²) < 4.78 is 17.1. The molecule has 1 atom stereocenters. The Morgan fingerprint density at radius 3 is 2.46 bits per heavy atom. The Hall–Kier alpha value is -2.94. The lowest BCUT2D eigenvalue weighted by atomic mass is 10.0. The molecule has 2 aromatic rings. The van der Waals surface area contributed by atoms with E-state index in [-0.39, 0.29) is 12.5 Å². The first kappa shape index (κ1) is 25.2. The van der Waals surface area contributed by atoms with Crippen LogP contribution in [0.4, 0.5) is 0 Å². The highest BCUT2D eigenvalue weighted by molar-refractivity contribution is 6.04. The van der Waals surface area contributed by atoms with E-state index < -0.39 is 6.10 Å². The van der Waals surface area contributed by atoms with Crippen LogP contribution in [0.3, 0.4) is 0 Å². The summed E-state index contributed by atoms with van der Waals surface area (Å²) in [6.07, 6.45) is 4.03. The van der Waals surface area contributed by atoms with Gasteiger partial charge in [0, 0.05) is 32.5 Å². The maximum Gasteiger partial charge on any atom is 0.240 e. The number of nitrogens with one attached hydrogen (secondary N) is 2. The lowest BCUT2D eigenvalue weighted by Crippen LogP contribution is -2.33. The molecule has 1 heterocycles. The second kappa shape index (κ2) is 13.2. The van der Waals surface area contributed by atoms with E-state index in [1.54, 1.807) is 0 Å². The smallest absolute Gasteiger partial charge is 0.240 e. The second-order valence-electron chi connectivity index (χ2n) is 9.05. The highest BCUT2D eigenvalue weighted by Gasteiger charge is 2.20. The van der Waals surface area contributed by atoms with Gasteiger partial charge in [-0.3, -0.25) is 4.79 Å². The minimum Gasteiger partial charge on any atom is -0.492 e. The lowest BCUT2D eigenvalue weighted by Gasteiger charge is -2.14. The van der Waals surface area contributed by atoms with Crippen molar-refractivity contribution in [1.82, 2.24) is 10.7 Å². The van der Waals surface area contributed by atoms with Crippen LogP contribution in [0.5, 0.6) is 11.5 Å². The van der Waals surface area contributed by atoms with E-state index >= 15 is 0 Å². The van der Waals surface area contributed by atoms with Crippen LogP contribution in [0.15, 0.2) is 53.6 Å². The van der Waals surface area contributed by atoms with Gasteiger partial charge in [-0.25, -0.2) is 5.43 Å². The van der Waals surface area contributed by atoms with Gasteiger partial charge in [0.25, 0.3) is 0 Å². The Labute approximate surface area is 206 Å². The SMILES string of the molecule is O=C1CCC(c2ccc(OCCNCC(O)COc3ccc(CCOCC4CC4)cc3)cc2)=NN1. The number of aliphatic hydroxyl groups is 1. The Kier molecular flexibility index (Phi) is 9.51. The summed E-state index contributed by atoms with van der Waals surface area (Å²) >= 11 is 0. The fraction of sp³-hybridized carbons (Fsp3) is 0.481. The molecule has 8 nitrogen and oxygen atoms in total. The van der Waals surface area contributed by atoms with Gasteiger partial charge in [-0.05, 0) is 72.7 Å². The molecule has 8 heteroatoms. The molecule has 0 radical (unpaired) electrons. The average molecular weight is 482 g/mol. The van der Waals surface area contributed by atoms with Crippen LogP contribution in [-0.2, 0) is 16.0 Å². The van der Waals surface area contributed by atoms with Gasteiger partial charge in [-0.15, -0.1) is 0 Å². The summed E-state index contributed by atoms with van der Waals surface area (Å²) in [6.45, 7) is 3.39. The molecule has 4 rings (SSSR count). The Balaban J connectivity index is 1.04. The number of hydrogen-bond acceptors (Lipinski definition) is 7. The molecule has 1 amide bonds. The first-order chi connectivity index (χ1) is 17.2. The summed E-state index contributed by atoms with van der Waals surface area (Å²) in [4.78, 5) is 11.2. The quantitative estimate of drug-likeness (QED) is 0.338. The van der Waals surface area contributed by atoms with Crippen LogP contribution < -0.4 is 20.2 Å². The predicted octanol–water partition coefficient (Wildman–Crippen LogP) is 2.68. The van der Waals surface area contributed by atoms with Gasteiger partial charge < -0.3 is 24.6 Å². The number of hydrazone groups is 1. The summed E-state index contributed by atoms with van der Waals surface area (Å²) in [5, 5.41) is 17.4. The molecule has 3 N–H and O–H groups in total. The standard InChI is InChI=1S/C27H35N3O5/c31-23(19-35-25-7-3-20(4-8-25)13-15-33-18-21-1-2-21)17-28-14-16-34-24-9-5-22(6-10-24)26-11-12-27(32)30-29-26/h3-10,21,23,28,31H,1-2,11-19H2,(H,30,32). The highest BCUT2D eigenvalue weighted by atomic mass is 16.5. The van der Waals surface area contributed by atoms with Crippen LogP contribution in [0.1, 0.15) is 36.8 Å². The summed E-state index contributed by atoms with van der Waals surface area (Å²) in [7, 11) is 0. The molecule has 1 aliphatic carbocycles. The number of carbonyl (C=O) groups excluding carboxylic acids is 1. The Morgan fingerprint density at radius 2 is 1.74 bits per heavy atom. The molecule has 1 unspecified atom stereocenters. The number of benzene rings is 2. The van der Waals surface area contributed by atoms with Crippen molar-refractivity contribution < 1.29 is 24.1 Å². The molecule has 2 aromatic carbocycles. The highest BCUT2D eigenvalue weighted by Crippen LogP contribution is 2.28. The molecule has 0 saturated heterocycles. The monoisotopic (exact) mass is 481 g/mol. The second-order valence-corrected chi connectivity index (χ2v) is 9.05. The van der Waals surface area contributed by atoms with Gasteiger partial charge in [-0.2, -0.15) is 5.10 Å². The molecule has 1 fully saturated rings. The molecular weight excluding hydrogens is 446 g/mol. The summed E-state index contributed by atoms with van der Waals surface area (Å²) in [5.41, 5.74) is 5.59. The van der Waals surface area contributed by atoms with Gasteiger partial charge in [0.05, 0.1) is 12.3 Å². The van der Waals surface area contributed by atoms with E-state index in [4.69, 9.17) is 14.2 Å². The van der Waals surface area contributed by atoms with Crippen LogP contribution in [0.2, 0.25) is 0 Å². The van der Waals surface area contributed by atoms with Gasteiger partial charge in [0.2, 0.25) is 5.91 Å². The maximum atomic E-state index is 11.2. The Morgan fingerprint density at radius 1 is 1.00 bits per heavy atom. The predicted molar refractivity (Wildman–Crippen MR) is 134 cm³/mol. The van der Waals surface area contributed by atoms with Crippen LogP contribution >= 0.6 is 0 Å². The van der Waals surface area contributed by atoms with E-state index in [0.29, 0.717) is 32.5 Å². The molecule has 1 saturated carbocycles. The van der Waals surface area contributed by atoms with Crippen molar-refractivity contribution in [3.05, 3.63) is 59.7 Å². The number of carbonyl (C=O) groups is 1. The fourth-order valence-electron chi connectivity index (χ4n) is 3.66. The van der Waals surface area contributed by atoms with Crippen molar-refractivity contribution in [2.75, 3.05) is 39.5 Å². The van der Waals surface area contributed by atoms with Gasteiger partial charge in [0.15, 0.2) is 0 Å². The molecule has 188 valence electrons. The van der Waals surface area contributed by atoms with Crippen LogP contribution in [0, 0.1) is 5.92 Å². The first-order valence-corrected chi connectivity index (χ1v) is 12.4. The van der Waals surface area contributed by atoms with E-state index in [0.717, 1.165) is 48.3 Å². The number of hydrogen-bond donors (Lipinski definition) is 3. The minimum atomic E-state index is -0.610. The van der Waals surface area contributed by atoms with Crippen molar-refractivity contribution in [2.45, 2.75) is 38.2 Å². The van der Waals surface area contributed by atoms with Crippen molar-refractivity contribution in [2.24, 2.45) is 11.0 Å². The Bertz CT molecular complexity index is 958. The number of nitrogens with zero attached hydrogens (tertiary/aromatic N) is 1. The molecule has 2 aliphatic rings. The topological polar surface area (TPSA) is 101 Å². The fourth-order valence-corrected chi connectivity index (χ4v) is 3.66. The van der Waals surface area contributed by atoms with Crippen molar-refractivity contribution in [3.63, 3.8) is 0 Å². The third-order valence-corrected chi connectivity index (χ3v) is 5.97. The summed E-state index contributed by atoms with van der Waals surface area (Å²) in [6, 6.07) is 15.6. The van der Waals surface area contributed by atoms with Crippen LogP contribution in [0.25, 0.3) is 0 Å². The van der Waals surface area contributed by atoms with E-state index in [1.165, 1.54) is 18.4 Å². The molecule has 0 spiro atoms. The van der Waals surface area contributed by atoms with E-state index in [9.17, 15) is 9.90 Å². The van der Waals surface area contributed by atoms with E-state index in [1.807, 2.05) is 48.5 Å². The minimum absolute atomic E-state index is 0.0488. The molecule has 1 aliphatic heterocycles. The van der Waals surface area contributed by atoms with Crippen LogP contribution in [-0.4, -0.2) is 62.3 Å². The molecular formula is C27H35N3O5. The normalized spacial score (nSPS) is 16.4. The first-order valence-electron chi connectivity index (χ1n) is 12.4. The van der Waals surface area contributed by atoms with Crippen molar-refractivity contribution >= 4 is 11.6 Å². The van der Waals surface area contributed by atoms with Crippen molar-refractivity contribution in [1.29, 1.82) is 0 Å². The van der Waals surface area contributed by atoms with E-state index in [2.05, 4.69) is 15.8 Å². The number of amides is 1. The zero-order valence-electron chi connectivity index (χ0n) is 20.1. The van der Waals surface area contributed by atoms with Gasteiger partial charge in [0.1, 0.15) is 30.8 Å². The van der Waals surface area contributed by atoms with Gasteiger partial charge >= 0.3 is 0 Å². The maximum absolute atomic E-state index is 11.2. The molecule has 35 heavy (non-hydrogen) atoms. The number of rotatable bonds is 15. The third-order valence-electron chi connectivity index (χ3n) is 5.97. The summed E-state index contributed by atoms with van der Waals surface area (Å²) in [5.74, 6) is 2.26. The van der Waals surface area contributed by atoms with Crippen molar-refractivity contribution in [3.8, 4) is 11.5 Å². The number of ether oxygens (including phenoxy) is 3. The van der Waals surface area contributed by atoms with Gasteiger partial charge in [-0.1, -0.05) is 12.1 Å². The third kappa shape index (κ3) is 8.98. The zero-order chi connectivity index (χ0) is 24.3. The number of aliphatic hydroxyl groups excluding tert-OH is 1.